The quantitative estimate of drug-likeness (QED) is 0.464. The third-order valence-corrected chi connectivity index (χ3v) is 2.47. The molecule has 0 saturated heterocycles. The summed E-state index contributed by atoms with van der Waals surface area (Å²) in [5.41, 5.74) is 0. The van der Waals surface area contributed by atoms with E-state index < -0.39 is 0 Å². The maximum Gasteiger partial charge on any atom is 0.123 e. The Balaban J connectivity index is 1.98. The SMILES string of the molecule is O=CC1C[C@H]2C[C@@H]2C1. The van der Waals surface area contributed by atoms with E-state index in [4.69, 9.17) is 0 Å². The van der Waals surface area contributed by atoms with Gasteiger partial charge >= 0.3 is 0 Å². The van der Waals surface area contributed by atoms with E-state index in [1.165, 1.54) is 19.3 Å². The highest BCUT2D eigenvalue weighted by Gasteiger charge is 2.45. The molecule has 0 heterocycles. The summed E-state index contributed by atoms with van der Waals surface area (Å²) in [6.45, 7) is 0. The molecule has 0 bridgehead atoms. The van der Waals surface area contributed by atoms with E-state index >= 15 is 0 Å². The number of fused-ring (bicyclic) bond motifs is 1. The largest absolute Gasteiger partial charge is 0.303 e. The summed E-state index contributed by atoms with van der Waals surface area (Å²) >= 11 is 0. The van der Waals surface area contributed by atoms with Gasteiger partial charge in [0.05, 0.1) is 0 Å². The molecule has 2 rings (SSSR count). The van der Waals surface area contributed by atoms with Gasteiger partial charge < -0.3 is 4.79 Å². The molecule has 0 aromatic heterocycles. The number of hydrogen-bond acceptors (Lipinski definition) is 1. The molecular weight excluding hydrogens is 100 g/mol. The first kappa shape index (κ1) is 4.54. The highest BCUT2D eigenvalue weighted by molar-refractivity contribution is 5.54. The fourth-order valence-electron chi connectivity index (χ4n) is 1.87. The molecule has 2 aliphatic carbocycles. The van der Waals surface area contributed by atoms with Crippen molar-refractivity contribution in [2.75, 3.05) is 0 Å². The Morgan fingerprint density at radius 1 is 1.12 bits per heavy atom. The zero-order valence-corrected chi connectivity index (χ0v) is 4.84. The summed E-state index contributed by atoms with van der Waals surface area (Å²) in [4.78, 5) is 10.2. The molecule has 2 saturated carbocycles. The normalized spacial score (nSPS) is 44.0. The van der Waals surface area contributed by atoms with E-state index in [1.54, 1.807) is 0 Å². The molecule has 0 spiro atoms. The van der Waals surface area contributed by atoms with Gasteiger partial charge in [-0.05, 0) is 31.1 Å². The minimum absolute atomic E-state index is 0.443. The van der Waals surface area contributed by atoms with Crippen LogP contribution in [0.1, 0.15) is 19.3 Å². The average Bonchev–Trinajstić information content (AvgIpc) is 2.40. The van der Waals surface area contributed by atoms with Gasteiger partial charge in [-0.15, -0.1) is 0 Å². The predicted octanol–water partition coefficient (Wildman–Crippen LogP) is 1.23. The van der Waals surface area contributed by atoms with Gasteiger partial charge in [-0.25, -0.2) is 0 Å². The number of rotatable bonds is 1. The summed E-state index contributed by atoms with van der Waals surface area (Å²) in [6, 6.07) is 0. The lowest BCUT2D eigenvalue weighted by Crippen LogP contribution is -1.96. The predicted molar refractivity (Wildman–Crippen MR) is 30.4 cm³/mol. The molecule has 0 aromatic rings. The van der Waals surface area contributed by atoms with Crippen molar-refractivity contribution >= 4 is 6.29 Å². The molecule has 0 unspecified atom stereocenters. The monoisotopic (exact) mass is 110 g/mol. The van der Waals surface area contributed by atoms with Crippen LogP contribution in [0.3, 0.4) is 0 Å². The second kappa shape index (κ2) is 1.34. The van der Waals surface area contributed by atoms with Crippen LogP contribution in [0.5, 0.6) is 0 Å². The first-order chi connectivity index (χ1) is 3.90. The van der Waals surface area contributed by atoms with Crippen molar-refractivity contribution in [1.82, 2.24) is 0 Å². The highest BCUT2D eigenvalue weighted by atomic mass is 16.1. The summed E-state index contributed by atoms with van der Waals surface area (Å²) in [7, 11) is 0. The Bertz CT molecular complexity index is 110. The van der Waals surface area contributed by atoms with Gasteiger partial charge in [-0.1, -0.05) is 0 Å². The second-order valence-corrected chi connectivity index (χ2v) is 3.12. The minimum atomic E-state index is 0.443. The van der Waals surface area contributed by atoms with E-state index in [2.05, 4.69) is 0 Å². The Kier molecular flexibility index (Phi) is 0.758. The maximum absolute atomic E-state index is 10.2. The Hall–Kier alpha value is -0.330. The Morgan fingerprint density at radius 3 is 2.12 bits per heavy atom. The second-order valence-electron chi connectivity index (χ2n) is 3.12. The van der Waals surface area contributed by atoms with Gasteiger partial charge in [0.25, 0.3) is 0 Å². The van der Waals surface area contributed by atoms with Crippen LogP contribution in [-0.2, 0) is 4.79 Å². The minimum Gasteiger partial charge on any atom is -0.303 e. The van der Waals surface area contributed by atoms with Crippen LogP contribution in [0.15, 0.2) is 0 Å². The van der Waals surface area contributed by atoms with Crippen LogP contribution in [0, 0.1) is 17.8 Å². The van der Waals surface area contributed by atoms with Gasteiger partial charge in [0, 0.05) is 5.92 Å². The maximum atomic E-state index is 10.2. The lowest BCUT2D eigenvalue weighted by molar-refractivity contribution is -0.111. The van der Waals surface area contributed by atoms with Crippen molar-refractivity contribution in [1.29, 1.82) is 0 Å². The summed E-state index contributed by atoms with van der Waals surface area (Å²) in [6.07, 6.45) is 4.96. The Labute approximate surface area is 49.1 Å². The van der Waals surface area contributed by atoms with Crippen molar-refractivity contribution in [3.8, 4) is 0 Å². The van der Waals surface area contributed by atoms with Crippen molar-refractivity contribution in [2.24, 2.45) is 17.8 Å². The third kappa shape index (κ3) is 0.504. The fraction of sp³-hybridized carbons (Fsp3) is 0.857. The molecule has 44 valence electrons. The van der Waals surface area contributed by atoms with Crippen molar-refractivity contribution in [3.05, 3.63) is 0 Å². The van der Waals surface area contributed by atoms with Crippen molar-refractivity contribution in [3.63, 3.8) is 0 Å². The molecule has 0 amide bonds. The molecular formula is C7H10O. The number of aldehydes is 1. The number of carbonyl (C=O) groups excluding carboxylic acids is 1. The van der Waals surface area contributed by atoms with Gasteiger partial charge in [0.2, 0.25) is 0 Å². The summed E-state index contributed by atoms with van der Waals surface area (Å²) < 4.78 is 0. The third-order valence-electron chi connectivity index (χ3n) is 2.47. The molecule has 1 heteroatoms. The standard InChI is InChI=1S/C7H10O/c8-4-5-1-6-3-7(6)2-5/h4-7H,1-3H2/t6-,7-/m0/s1. The molecule has 0 aliphatic heterocycles. The first-order valence-electron chi connectivity index (χ1n) is 3.35. The van der Waals surface area contributed by atoms with E-state index in [0.29, 0.717) is 5.92 Å². The molecule has 0 radical (unpaired) electrons. The fourth-order valence-corrected chi connectivity index (χ4v) is 1.87. The van der Waals surface area contributed by atoms with Crippen LogP contribution in [0.25, 0.3) is 0 Å². The van der Waals surface area contributed by atoms with Gasteiger partial charge in [-0.3, -0.25) is 0 Å². The topological polar surface area (TPSA) is 17.1 Å². The van der Waals surface area contributed by atoms with E-state index in [1.807, 2.05) is 0 Å². The summed E-state index contributed by atoms with van der Waals surface area (Å²) in [5, 5.41) is 0. The molecule has 2 aliphatic rings. The van der Waals surface area contributed by atoms with E-state index in [-0.39, 0.29) is 0 Å². The van der Waals surface area contributed by atoms with Gasteiger partial charge in [-0.2, -0.15) is 0 Å². The smallest absolute Gasteiger partial charge is 0.123 e. The molecule has 2 fully saturated rings. The average molecular weight is 110 g/mol. The van der Waals surface area contributed by atoms with Crippen molar-refractivity contribution in [2.45, 2.75) is 19.3 Å². The first-order valence-corrected chi connectivity index (χ1v) is 3.35. The zero-order valence-electron chi connectivity index (χ0n) is 4.84. The zero-order chi connectivity index (χ0) is 5.56. The van der Waals surface area contributed by atoms with E-state index in [0.717, 1.165) is 18.1 Å². The van der Waals surface area contributed by atoms with Crippen LogP contribution in [0.4, 0.5) is 0 Å². The molecule has 0 aromatic carbocycles. The van der Waals surface area contributed by atoms with Crippen LogP contribution < -0.4 is 0 Å². The van der Waals surface area contributed by atoms with Gasteiger partial charge in [0.1, 0.15) is 6.29 Å². The Morgan fingerprint density at radius 2 is 1.75 bits per heavy atom. The lowest BCUT2D eigenvalue weighted by atomic mass is 10.1. The molecule has 8 heavy (non-hydrogen) atoms. The van der Waals surface area contributed by atoms with Crippen molar-refractivity contribution < 1.29 is 4.79 Å². The van der Waals surface area contributed by atoms with Crippen LogP contribution in [0.2, 0.25) is 0 Å². The molecule has 1 nitrogen and oxygen atoms in total. The van der Waals surface area contributed by atoms with Crippen LogP contribution >= 0.6 is 0 Å². The summed E-state index contributed by atoms with van der Waals surface area (Å²) in [5.74, 6) is 2.37. The van der Waals surface area contributed by atoms with Crippen LogP contribution in [-0.4, -0.2) is 6.29 Å². The van der Waals surface area contributed by atoms with Gasteiger partial charge in [0.15, 0.2) is 0 Å². The number of carbonyl (C=O) groups is 1. The lowest BCUT2D eigenvalue weighted by Gasteiger charge is -1.97. The molecule has 2 atom stereocenters. The van der Waals surface area contributed by atoms with E-state index in [9.17, 15) is 4.79 Å². The molecule has 0 N–H and O–H groups in total. The number of hydrogen-bond donors (Lipinski definition) is 0. The highest BCUT2D eigenvalue weighted by Crippen LogP contribution is 2.53.